The molecule has 7 heteroatoms. The Kier molecular flexibility index (Phi) is 4.36. The lowest BCUT2D eigenvalue weighted by Gasteiger charge is -2.23. The summed E-state index contributed by atoms with van der Waals surface area (Å²) in [5.74, 6) is 0.449. The van der Waals surface area contributed by atoms with E-state index in [0.717, 1.165) is 25.7 Å². The van der Waals surface area contributed by atoms with Gasteiger partial charge in [0.15, 0.2) is 0 Å². The lowest BCUT2D eigenvalue weighted by molar-refractivity contribution is 0.372. The van der Waals surface area contributed by atoms with Crippen LogP contribution in [0.2, 0.25) is 0 Å². The molecule has 1 saturated carbocycles. The second-order valence-corrected chi connectivity index (χ2v) is 6.73. The monoisotopic (exact) mass is 284 g/mol. The van der Waals surface area contributed by atoms with E-state index in [4.69, 9.17) is 0 Å². The van der Waals surface area contributed by atoms with Gasteiger partial charge in [0, 0.05) is 19.6 Å². The van der Waals surface area contributed by atoms with E-state index >= 15 is 0 Å². The van der Waals surface area contributed by atoms with Crippen molar-refractivity contribution < 1.29 is 8.42 Å². The van der Waals surface area contributed by atoms with Gasteiger partial charge in [-0.1, -0.05) is 12.8 Å². The van der Waals surface area contributed by atoms with Gasteiger partial charge in [0.1, 0.15) is 4.90 Å². The normalized spacial score (nSPS) is 17.0. The predicted octanol–water partition coefficient (Wildman–Crippen LogP) is 1.47. The highest BCUT2D eigenvalue weighted by Crippen LogP contribution is 2.26. The molecule has 0 spiro atoms. The van der Waals surface area contributed by atoms with Crippen LogP contribution in [0.1, 0.15) is 32.6 Å². The number of hydrogen-bond donors (Lipinski definition) is 1. The maximum Gasteiger partial charge on any atom is 0.246 e. The minimum atomic E-state index is -3.47. The van der Waals surface area contributed by atoms with E-state index < -0.39 is 10.0 Å². The zero-order valence-corrected chi connectivity index (χ0v) is 12.2. The minimum Gasteiger partial charge on any atom is -0.355 e. The molecule has 0 bridgehead atoms. The summed E-state index contributed by atoms with van der Waals surface area (Å²) in [5, 5.41) is 2.94. The largest absolute Gasteiger partial charge is 0.355 e. The summed E-state index contributed by atoms with van der Waals surface area (Å²) in [5.41, 5.74) is 0. The molecule has 0 saturated heterocycles. The van der Waals surface area contributed by atoms with Gasteiger partial charge < -0.3 is 5.32 Å². The fourth-order valence-corrected chi connectivity index (χ4v) is 3.64. The number of rotatable bonds is 5. The van der Waals surface area contributed by atoms with Crippen LogP contribution in [0.4, 0.5) is 5.95 Å². The standard InChI is InChI=1S/C12H20N4O2S/c1-3-13-12-14-8-11(9-15-12)19(17,18)16(2)10-6-4-5-7-10/h8-10H,3-7H2,1-2H3,(H,13,14,15). The topological polar surface area (TPSA) is 75.2 Å². The molecule has 1 aromatic rings. The predicted molar refractivity (Wildman–Crippen MR) is 73.4 cm³/mol. The average molecular weight is 284 g/mol. The molecule has 0 radical (unpaired) electrons. The van der Waals surface area contributed by atoms with Gasteiger partial charge in [-0.05, 0) is 19.8 Å². The molecule has 2 rings (SSSR count). The molecule has 1 N–H and O–H groups in total. The van der Waals surface area contributed by atoms with Crippen molar-refractivity contribution in [1.29, 1.82) is 0 Å². The first-order valence-electron chi connectivity index (χ1n) is 6.59. The van der Waals surface area contributed by atoms with Crippen LogP contribution in [0.5, 0.6) is 0 Å². The van der Waals surface area contributed by atoms with E-state index in [2.05, 4.69) is 15.3 Å². The quantitative estimate of drug-likeness (QED) is 0.886. The van der Waals surface area contributed by atoms with Crippen LogP contribution in [-0.4, -0.2) is 42.3 Å². The molecule has 0 atom stereocenters. The number of nitrogens with zero attached hydrogens (tertiary/aromatic N) is 3. The highest BCUT2D eigenvalue weighted by Gasteiger charge is 2.30. The van der Waals surface area contributed by atoms with Gasteiger partial charge in [0.25, 0.3) is 0 Å². The van der Waals surface area contributed by atoms with Crippen LogP contribution in [0, 0.1) is 0 Å². The van der Waals surface area contributed by atoms with E-state index in [1.165, 1.54) is 16.7 Å². The van der Waals surface area contributed by atoms with Crippen molar-refractivity contribution in [3.63, 3.8) is 0 Å². The molecule has 1 aromatic heterocycles. The van der Waals surface area contributed by atoms with Crippen molar-refractivity contribution in [2.75, 3.05) is 18.9 Å². The van der Waals surface area contributed by atoms with Crippen molar-refractivity contribution in [3.05, 3.63) is 12.4 Å². The van der Waals surface area contributed by atoms with E-state index in [-0.39, 0.29) is 10.9 Å². The number of hydrogen-bond acceptors (Lipinski definition) is 5. The number of sulfonamides is 1. The van der Waals surface area contributed by atoms with Crippen molar-refractivity contribution in [2.45, 2.75) is 43.5 Å². The summed E-state index contributed by atoms with van der Waals surface area (Å²) in [6.07, 6.45) is 6.80. The molecule has 0 aliphatic heterocycles. The lowest BCUT2D eigenvalue weighted by Crippen LogP contribution is -2.35. The Bertz CT molecular complexity index is 509. The third kappa shape index (κ3) is 3.03. The Morgan fingerprint density at radius 3 is 2.42 bits per heavy atom. The molecule has 0 aromatic carbocycles. The molecule has 1 heterocycles. The number of anilines is 1. The summed E-state index contributed by atoms with van der Waals surface area (Å²) in [6, 6.07) is 0.110. The van der Waals surface area contributed by atoms with Gasteiger partial charge in [-0.15, -0.1) is 0 Å². The second-order valence-electron chi connectivity index (χ2n) is 4.73. The summed E-state index contributed by atoms with van der Waals surface area (Å²) >= 11 is 0. The van der Waals surface area contributed by atoms with E-state index in [1.807, 2.05) is 6.92 Å². The molecular weight excluding hydrogens is 264 g/mol. The van der Waals surface area contributed by atoms with Gasteiger partial charge in [-0.25, -0.2) is 18.4 Å². The Labute approximate surface area is 114 Å². The van der Waals surface area contributed by atoms with Crippen LogP contribution < -0.4 is 5.32 Å². The van der Waals surface area contributed by atoms with Gasteiger partial charge in [-0.2, -0.15) is 4.31 Å². The highest BCUT2D eigenvalue weighted by atomic mass is 32.2. The Morgan fingerprint density at radius 2 is 1.89 bits per heavy atom. The van der Waals surface area contributed by atoms with Crippen LogP contribution >= 0.6 is 0 Å². The fourth-order valence-electron chi connectivity index (χ4n) is 2.33. The summed E-state index contributed by atoms with van der Waals surface area (Å²) in [6.45, 7) is 2.63. The van der Waals surface area contributed by atoms with E-state index in [9.17, 15) is 8.42 Å². The minimum absolute atomic E-state index is 0.110. The van der Waals surface area contributed by atoms with Crippen LogP contribution in [0.25, 0.3) is 0 Å². The van der Waals surface area contributed by atoms with E-state index in [1.54, 1.807) is 7.05 Å². The average Bonchev–Trinajstić information content (AvgIpc) is 2.92. The first-order chi connectivity index (χ1) is 9.05. The van der Waals surface area contributed by atoms with Gasteiger partial charge in [0.05, 0.1) is 12.4 Å². The van der Waals surface area contributed by atoms with E-state index in [0.29, 0.717) is 12.5 Å². The molecule has 1 fully saturated rings. The fraction of sp³-hybridized carbons (Fsp3) is 0.667. The molecule has 0 unspecified atom stereocenters. The SMILES string of the molecule is CCNc1ncc(S(=O)(=O)N(C)C2CCCC2)cn1. The smallest absolute Gasteiger partial charge is 0.246 e. The maximum atomic E-state index is 12.4. The summed E-state index contributed by atoms with van der Waals surface area (Å²) < 4.78 is 26.3. The second kappa shape index (κ2) is 5.83. The molecule has 19 heavy (non-hydrogen) atoms. The Morgan fingerprint density at radius 1 is 1.32 bits per heavy atom. The molecule has 0 amide bonds. The maximum absolute atomic E-state index is 12.4. The molecular formula is C12H20N4O2S. The summed E-state index contributed by atoms with van der Waals surface area (Å²) in [7, 11) is -1.83. The lowest BCUT2D eigenvalue weighted by atomic mass is 10.3. The highest BCUT2D eigenvalue weighted by molar-refractivity contribution is 7.89. The zero-order valence-electron chi connectivity index (χ0n) is 11.3. The van der Waals surface area contributed by atoms with Crippen LogP contribution in [0.3, 0.4) is 0 Å². The molecule has 106 valence electrons. The number of aromatic nitrogens is 2. The summed E-state index contributed by atoms with van der Waals surface area (Å²) in [4.78, 5) is 8.19. The van der Waals surface area contributed by atoms with Crippen molar-refractivity contribution in [3.8, 4) is 0 Å². The first-order valence-corrected chi connectivity index (χ1v) is 8.03. The van der Waals surface area contributed by atoms with Crippen LogP contribution in [-0.2, 0) is 10.0 Å². The third-order valence-corrected chi connectivity index (χ3v) is 5.34. The third-order valence-electron chi connectivity index (χ3n) is 3.48. The number of nitrogens with one attached hydrogen (secondary N) is 1. The molecule has 1 aliphatic carbocycles. The van der Waals surface area contributed by atoms with Gasteiger partial charge in [-0.3, -0.25) is 0 Å². The van der Waals surface area contributed by atoms with Crippen molar-refractivity contribution in [2.24, 2.45) is 0 Å². The van der Waals surface area contributed by atoms with Gasteiger partial charge in [0.2, 0.25) is 16.0 Å². The first kappa shape index (κ1) is 14.2. The molecule has 1 aliphatic rings. The zero-order chi connectivity index (χ0) is 13.9. The van der Waals surface area contributed by atoms with Crippen molar-refractivity contribution >= 4 is 16.0 Å². The molecule has 6 nitrogen and oxygen atoms in total. The van der Waals surface area contributed by atoms with Gasteiger partial charge >= 0.3 is 0 Å². The van der Waals surface area contributed by atoms with Crippen LogP contribution in [0.15, 0.2) is 17.3 Å². The van der Waals surface area contributed by atoms with Crippen molar-refractivity contribution in [1.82, 2.24) is 14.3 Å². The Hall–Kier alpha value is -1.21. The Balaban J connectivity index is 2.18.